The molecular formula is C15H20BrF3N2. The summed E-state index contributed by atoms with van der Waals surface area (Å²) in [7, 11) is 0. The van der Waals surface area contributed by atoms with E-state index in [0.717, 1.165) is 31.4 Å². The number of anilines is 1. The molecule has 2 unspecified atom stereocenters. The Kier molecular flexibility index (Phi) is 4.88. The first-order valence-corrected chi connectivity index (χ1v) is 7.93. The number of nitrogens with two attached hydrogens (primary N) is 1. The Morgan fingerprint density at radius 3 is 2.62 bits per heavy atom. The number of hydrogen-bond acceptors (Lipinski definition) is 2. The van der Waals surface area contributed by atoms with Gasteiger partial charge in [-0.25, -0.2) is 0 Å². The van der Waals surface area contributed by atoms with Crippen molar-refractivity contribution in [3.8, 4) is 0 Å². The molecule has 21 heavy (non-hydrogen) atoms. The van der Waals surface area contributed by atoms with E-state index >= 15 is 0 Å². The lowest BCUT2D eigenvalue weighted by Crippen LogP contribution is -2.52. The SMILES string of the molecule is CC1CCCCC1(CN)Nc1ccc(C(F)(F)F)cc1Br. The van der Waals surface area contributed by atoms with E-state index in [1.165, 1.54) is 12.5 Å². The molecule has 6 heteroatoms. The molecule has 2 nitrogen and oxygen atoms in total. The van der Waals surface area contributed by atoms with Crippen LogP contribution in [0.15, 0.2) is 22.7 Å². The lowest BCUT2D eigenvalue weighted by molar-refractivity contribution is -0.137. The number of nitrogens with one attached hydrogen (secondary N) is 1. The third-order valence-electron chi connectivity index (χ3n) is 4.50. The van der Waals surface area contributed by atoms with E-state index in [4.69, 9.17) is 5.73 Å². The fraction of sp³-hybridized carbons (Fsp3) is 0.600. The number of benzene rings is 1. The van der Waals surface area contributed by atoms with Crippen LogP contribution in [0.25, 0.3) is 0 Å². The van der Waals surface area contributed by atoms with E-state index in [-0.39, 0.29) is 5.54 Å². The minimum Gasteiger partial charge on any atom is -0.377 e. The van der Waals surface area contributed by atoms with Gasteiger partial charge in [0.05, 0.1) is 11.1 Å². The molecule has 1 aromatic carbocycles. The minimum absolute atomic E-state index is 0.236. The average Bonchev–Trinajstić information content (AvgIpc) is 2.42. The maximum atomic E-state index is 12.7. The van der Waals surface area contributed by atoms with Crippen LogP contribution in [-0.2, 0) is 6.18 Å². The summed E-state index contributed by atoms with van der Waals surface area (Å²) in [4.78, 5) is 0. The molecule has 0 bridgehead atoms. The molecule has 2 atom stereocenters. The van der Waals surface area contributed by atoms with Gasteiger partial charge in [-0.3, -0.25) is 0 Å². The Morgan fingerprint density at radius 2 is 2.10 bits per heavy atom. The van der Waals surface area contributed by atoms with E-state index in [9.17, 15) is 13.2 Å². The summed E-state index contributed by atoms with van der Waals surface area (Å²) in [5, 5.41) is 3.40. The third kappa shape index (κ3) is 3.54. The largest absolute Gasteiger partial charge is 0.416 e. The number of alkyl halides is 3. The van der Waals surface area contributed by atoms with Crippen LogP contribution >= 0.6 is 15.9 Å². The summed E-state index contributed by atoms with van der Waals surface area (Å²) < 4.78 is 38.5. The molecule has 0 saturated heterocycles. The second kappa shape index (κ2) is 6.16. The zero-order chi connectivity index (χ0) is 15.7. The van der Waals surface area contributed by atoms with Crippen LogP contribution in [-0.4, -0.2) is 12.1 Å². The zero-order valence-electron chi connectivity index (χ0n) is 11.9. The van der Waals surface area contributed by atoms with Gasteiger partial charge in [-0.05, 0) is 52.9 Å². The number of rotatable bonds is 3. The molecule has 3 N–H and O–H groups in total. The van der Waals surface area contributed by atoms with Crippen molar-refractivity contribution in [1.82, 2.24) is 0 Å². The second-order valence-electron chi connectivity index (χ2n) is 5.82. The fourth-order valence-corrected chi connectivity index (χ4v) is 3.49. The van der Waals surface area contributed by atoms with Gasteiger partial charge >= 0.3 is 6.18 Å². The molecular weight excluding hydrogens is 345 g/mol. The topological polar surface area (TPSA) is 38.0 Å². The molecule has 0 radical (unpaired) electrons. The highest BCUT2D eigenvalue weighted by atomic mass is 79.9. The first-order valence-electron chi connectivity index (χ1n) is 7.13. The average molecular weight is 365 g/mol. The first-order chi connectivity index (χ1) is 9.78. The van der Waals surface area contributed by atoms with Crippen LogP contribution in [0.4, 0.5) is 18.9 Å². The Balaban J connectivity index is 2.26. The Bertz CT molecular complexity index is 504. The van der Waals surface area contributed by atoms with Crippen molar-refractivity contribution >= 4 is 21.6 Å². The summed E-state index contributed by atoms with van der Waals surface area (Å²) in [6.07, 6.45) is -0.0309. The van der Waals surface area contributed by atoms with E-state index in [2.05, 4.69) is 28.2 Å². The lowest BCUT2D eigenvalue weighted by Gasteiger charge is -2.43. The predicted molar refractivity (Wildman–Crippen MR) is 82.2 cm³/mol. The molecule has 1 aromatic rings. The second-order valence-corrected chi connectivity index (χ2v) is 6.68. The molecule has 0 heterocycles. The lowest BCUT2D eigenvalue weighted by atomic mass is 9.73. The van der Waals surface area contributed by atoms with Crippen molar-refractivity contribution in [3.63, 3.8) is 0 Å². The quantitative estimate of drug-likeness (QED) is 0.809. The van der Waals surface area contributed by atoms with Gasteiger partial charge in [-0.1, -0.05) is 19.8 Å². The molecule has 118 valence electrons. The number of halogens is 4. The van der Waals surface area contributed by atoms with Gasteiger partial charge in [-0.2, -0.15) is 13.2 Å². The molecule has 1 aliphatic rings. The Labute approximate surface area is 131 Å². The van der Waals surface area contributed by atoms with Crippen LogP contribution in [0.2, 0.25) is 0 Å². The molecule has 1 fully saturated rings. The highest BCUT2D eigenvalue weighted by Crippen LogP contribution is 2.39. The van der Waals surface area contributed by atoms with Gasteiger partial charge in [0.1, 0.15) is 0 Å². The highest BCUT2D eigenvalue weighted by molar-refractivity contribution is 9.10. The molecule has 0 aliphatic heterocycles. The van der Waals surface area contributed by atoms with Gasteiger partial charge in [0, 0.05) is 16.7 Å². The summed E-state index contributed by atoms with van der Waals surface area (Å²) in [5.41, 5.74) is 5.75. The van der Waals surface area contributed by atoms with Crippen LogP contribution < -0.4 is 11.1 Å². The van der Waals surface area contributed by atoms with E-state index in [1.54, 1.807) is 0 Å². The van der Waals surface area contributed by atoms with Crippen molar-refractivity contribution in [1.29, 1.82) is 0 Å². The van der Waals surface area contributed by atoms with Gasteiger partial charge in [-0.15, -0.1) is 0 Å². The maximum Gasteiger partial charge on any atom is 0.416 e. The Hall–Kier alpha value is -0.750. The van der Waals surface area contributed by atoms with Crippen LogP contribution in [0, 0.1) is 5.92 Å². The van der Waals surface area contributed by atoms with Gasteiger partial charge in [0.2, 0.25) is 0 Å². The van der Waals surface area contributed by atoms with Crippen molar-refractivity contribution in [2.45, 2.75) is 44.3 Å². The Morgan fingerprint density at radius 1 is 1.38 bits per heavy atom. The predicted octanol–water partition coefficient (Wildman–Crippen LogP) is 4.79. The van der Waals surface area contributed by atoms with Gasteiger partial charge in [0.25, 0.3) is 0 Å². The zero-order valence-corrected chi connectivity index (χ0v) is 13.5. The molecule has 0 spiro atoms. The van der Waals surface area contributed by atoms with Crippen molar-refractivity contribution in [2.24, 2.45) is 11.7 Å². The molecule has 2 rings (SSSR count). The molecule has 0 amide bonds. The normalized spacial score (nSPS) is 26.7. The number of hydrogen-bond donors (Lipinski definition) is 2. The van der Waals surface area contributed by atoms with Gasteiger partial charge in [0.15, 0.2) is 0 Å². The summed E-state index contributed by atoms with van der Waals surface area (Å²) in [6, 6.07) is 3.69. The van der Waals surface area contributed by atoms with E-state index in [0.29, 0.717) is 22.6 Å². The van der Waals surface area contributed by atoms with Crippen LogP contribution in [0.3, 0.4) is 0 Å². The minimum atomic E-state index is -4.33. The monoisotopic (exact) mass is 364 g/mol. The summed E-state index contributed by atoms with van der Waals surface area (Å²) >= 11 is 3.24. The molecule has 1 aliphatic carbocycles. The van der Waals surface area contributed by atoms with Crippen molar-refractivity contribution in [2.75, 3.05) is 11.9 Å². The first kappa shape index (κ1) is 16.6. The van der Waals surface area contributed by atoms with Gasteiger partial charge < -0.3 is 11.1 Å². The highest BCUT2D eigenvalue weighted by Gasteiger charge is 2.37. The fourth-order valence-electron chi connectivity index (χ4n) is 3.01. The smallest absolute Gasteiger partial charge is 0.377 e. The summed E-state index contributed by atoms with van der Waals surface area (Å²) in [6.45, 7) is 2.62. The summed E-state index contributed by atoms with van der Waals surface area (Å²) in [5.74, 6) is 0.394. The molecule has 0 aromatic heterocycles. The van der Waals surface area contributed by atoms with Crippen molar-refractivity contribution < 1.29 is 13.2 Å². The third-order valence-corrected chi connectivity index (χ3v) is 5.15. The maximum absolute atomic E-state index is 12.7. The van der Waals surface area contributed by atoms with Crippen molar-refractivity contribution in [3.05, 3.63) is 28.2 Å². The standard InChI is InChI=1S/C15H20BrF3N2/c1-10-4-2-3-7-14(10,9-20)21-13-6-5-11(8-12(13)16)15(17,18)19/h5-6,8,10,21H,2-4,7,9,20H2,1H3. The van der Waals surface area contributed by atoms with Crippen LogP contribution in [0.1, 0.15) is 38.2 Å². The van der Waals surface area contributed by atoms with Crippen LogP contribution in [0.5, 0.6) is 0 Å². The van der Waals surface area contributed by atoms with E-state index < -0.39 is 11.7 Å². The van der Waals surface area contributed by atoms with E-state index in [1.807, 2.05) is 0 Å². The molecule has 1 saturated carbocycles.